The van der Waals surface area contributed by atoms with Crippen LogP contribution in [0.15, 0.2) is 24.3 Å². The largest absolute Gasteiger partial charge is 0.492 e. The first-order chi connectivity index (χ1) is 12.4. The summed E-state index contributed by atoms with van der Waals surface area (Å²) in [4.78, 5) is 13.8. The summed E-state index contributed by atoms with van der Waals surface area (Å²) in [6, 6.07) is 5.38. The van der Waals surface area contributed by atoms with Crippen molar-refractivity contribution in [2.24, 2.45) is 0 Å². The average molecular weight is 387 g/mol. The minimum atomic E-state index is -3.22. The van der Waals surface area contributed by atoms with Crippen molar-refractivity contribution >= 4 is 16.1 Å². The molecule has 9 heteroatoms. The van der Waals surface area contributed by atoms with Crippen molar-refractivity contribution in [2.45, 2.75) is 32.2 Å². The number of likely N-dealkylation sites (tertiary alicyclic amines) is 1. The number of nitrogens with zero attached hydrogens (tertiary/aromatic N) is 1. The molecular weight excluding hydrogens is 361 g/mol. The van der Waals surface area contributed by atoms with E-state index in [4.69, 9.17) is 4.74 Å². The van der Waals surface area contributed by atoms with Crippen molar-refractivity contribution in [3.8, 4) is 5.75 Å². The van der Waals surface area contributed by atoms with Crippen molar-refractivity contribution in [1.29, 1.82) is 0 Å². The van der Waals surface area contributed by atoms with Crippen LogP contribution in [0.2, 0.25) is 0 Å². The summed E-state index contributed by atoms with van der Waals surface area (Å²) in [5.74, 6) is 0.341. The minimum Gasteiger partial charge on any atom is -0.492 e. The molecule has 0 saturated carbocycles. The van der Waals surface area contributed by atoms with Crippen LogP contribution in [0.25, 0.3) is 0 Å². The minimum absolute atomic E-state index is 0.114. The maximum atomic E-state index is 12.8. The molecule has 0 atom stereocenters. The summed E-state index contributed by atoms with van der Waals surface area (Å²) >= 11 is 0. The Morgan fingerprint density at radius 2 is 1.92 bits per heavy atom. The molecule has 0 spiro atoms. The number of carbonyl (C=O) groups is 1. The van der Waals surface area contributed by atoms with Gasteiger partial charge in [0.05, 0.1) is 12.3 Å². The Balaban J connectivity index is 1.64. The van der Waals surface area contributed by atoms with Gasteiger partial charge in [-0.1, -0.05) is 6.92 Å². The lowest BCUT2D eigenvalue weighted by atomic mass is 10.1. The molecular formula is C17H26FN3O4S. The monoisotopic (exact) mass is 387 g/mol. The van der Waals surface area contributed by atoms with Gasteiger partial charge in [-0.05, 0) is 43.5 Å². The number of amides is 2. The molecule has 1 aliphatic rings. The molecule has 26 heavy (non-hydrogen) atoms. The Bertz CT molecular complexity index is 674. The SMILES string of the molecule is CCCS(=O)(=O)NC1CCN(C(=O)NCCOc2ccc(F)cc2)CC1. The quantitative estimate of drug-likeness (QED) is 0.665. The van der Waals surface area contributed by atoms with Gasteiger partial charge in [0, 0.05) is 19.1 Å². The molecule has 0 unspecified atom stereocenters. The highest BCUT2D eigenvalue weighted by atomic mass is 32.2. The number of rotatable bonds is 8. The van der Waals surface area contributed by atoms with E-state index in [0.29, 0.717) is 44.6 Å². The van der Waals surface area contributed by atoms with Crippen molar-refractivity contribution in [2.75, 3.05) is 32.0 Å². The molecule has 1 aromatic rings. The third kappa shape index (κ3) is 6.80. The zero-order valence-electron chi connectivity index (χ0n) is 14.9. The van der Waals surface area contributed by atoms with Gasteiger partial charge in [0.1, 0.15) is 18.2 Å². The third-order valence-electron chi connectivity index (χ3n) is 4.06. The Morgan fingerprint density at radius 3 is 2.54 bits per heavy atom. The first kappa shape index (κ1) is 20.4. The summed E-state index contributed by atoms with van der Waals surface area (Å²) in [7, 11) is -3.22. The average Bonchev–Trinajstić information content (AvgIpc) is 2.60. The molecule has 0 aliphatic carbocycles. The van der Waals surface area contributed by atoms with Gasteiger partial charge in [0.15, 0.2) is 0 Å². The van der Waals surface area contributed by atoms with Gasteiger partial charge in [0.25, 0.3) is 0 Å². The van der Waals surface area contributed by atoms with Gasteiger partial charge in [0.2, 0.25) is 10.0 Å². The maximum Gasteiger partial charge on any atom is 0.317 e. The smallest absolute Gasteiger partial charge is 0.317 e. The van der Waals surface area contributed by atoms with Gasteiger partial charge >= 0.3 is 6.03 Å². The van der Waals surface area contributed by atoms with Crippen molar-refractivity contribution in [3.63, 3.8) is 0 Å². The molecule has 7 nitrogen and oxygen atoms in total. The standard InChI is InChI=1S/C17H26FN3O4S/c1-2-13-26(23,24)20-15-7-10-21(11-8-15)17(22)19-9-12-25-16-5-3-14(18)4-6-16/h3-6,15,20H,2,7-13H2,1H3,(H,19,22). The van der Waals surface area contributed by atoms with Gasteiger partial charge in [-0.3, -0.25) is 0 Å². The zero-order valence-corrected chi connectivity index (χ0v) is 15.7. The van der Waals surface area contributed by atoms with Crippen LogP contribution in [0.3, 0.4) is 0 Å². The number of nitrogens with one attached hydrogen (secondary N) is 2. The van der Waals surface area contributed by atoms with Crippen LogP contribution >= 0.6 is 0 Å². The van der Waals surface area contributed by atoms with Crippen LogP contribution in [0.5, 0.6) is 5.75 Å². The lowest BCUT2D eigenvalue weighted by molar-refractivity contribution is 0.177. The fourth-order valence-electron chi connectivity index (χ4n) is 2.75. The highest BCUT2D eigenvalue weighted by Gasteiger charge is 2.25. The zero-order chi connectivity index (χ0) is 19.0. The number of carbonyl (C=O) groups excluding carboxylic acids is 1. The van der Waals surface area contributed by atoms with Gasteiger partial charge in [-0.15, -0.1) is 0 Å². The lowest BCUT2D eigenvalue weighted by Crippen LogP contribution is -2.50. The van der Waals surface area contributed by atoms with Crippen molar-refractivity contribution in [3.05, 3.63) is 30.1 Å². The van der Waals surface area contributed by atoms with Gasteiger partial charge in [-0.25, -0.2) is 22.3 Å². The molecule has 146 valence electrons. The highest BCUT2D eigenvalue weighted by Crippen LogP contribution is 2.12. The summed E-state index contributed by atoms with van der Waals surface area (Å²) < 4.78 is 44.5. The highest BCUT2D eigenvalue weighted by molar-refractivity contribution is 7.89. The predicted octanol–water partition coefficient (Wildman–Crippen LogP) is 1.71. The third-order valence-corrected chi connectivity index (χ3v) is 5.70. The molecule has 1 aliphatic heterocycles. The number of ether oxygens (including phenoxy) is 1. The second-order valence-electron chi connectivity index (χ2n) is 6.23. The first-order valence-electron chi connectivity index (χ1n) is 8.81. The molecule has 1 aromatic carbocycles. The first-order valence-corrected chi connectivity index (χ1v) is 10.5. The summed E-state index contributed by atoms with van der Waals surface area (Å²) in [5, 5.41) is 2.77. The maximum absolute atomic E-state index is 12.8. The molecule has 1 fully saturated rings. The van der Waals surface area contributed by atoms with E-state index in [1.165, 1.54) is 24.3 Å². The predicted molar refractivity (Wildman–Crippen MR) is 97.1 cm³/mol. The Kier molecular flexibility index (Phi) is 7.65. The topological polar surface area (TPSA) is 87.7 Å². The van der Waals surface area contributed by atoms with E-state index in [-0.39, 0.29) is 30.2 Å². The van der Waals surface area contributed by atoms with Crippen LogP contribution in [-0.2, 0) is 10.0 Å². The fourth-order valence-corrected chi connectivity index (χ4v) is 4.15. The van der Waals surface area contributed by atoms with Crippen LogP contribution in [0.4, 0.5) is 9.18 Å². The van der Waals surface area contributed by atoms with Crippen LogP contribution in [0, 0.1) is 5.82 Å². The van der Waals surface area contributed by atoms with Crippen molar-refractivity contribution in [1.82, 2.24) is 14.9 Å². The number of hydrogen-bond acceptors (Lipinski definition) is 4. The molecule has 0 radical (unpaired) electrons. The molecule has 1 heterocycles. The number of piperidine rings is 1. The van der Waals surface area contributed by atoms with E-state index < -0.39 is 10.0 Å². The number of hydrogen-bond donors (Lipinski definition) is 2. The molecule has 2 N–H and O–H groups in total. The van der Waals surface area contributed by atoms with Gasteiger partial charge in [-0.2, -0.15) is 0 Å². The Hall–Kier alpha value is -1.87. The second-order valence-corrected chi connectivity index (χ2v) is 8.11. The lowest BCUT2D eigenvalue weighted by Gasteiger charge is -2.32. The summed E-state index contributed by atoms with van der Waals surface area (Å²) in [5.41, 5.74) is 0. The molecule has 1 saturated heterocycles. The van der Waals surface area contributed by atoms with E-state index in [1.54, 1.807) is 4.90 Å². The molecule has 0 bridgehead atoms. The van der Waals surface area contributed by atoms with E-state index in [0.717, 1.165) is 0 Å². The van der Waals surface area contributed by atoms with Crippen LogP contribution in [0.1, 0.15) is 26.2 Å². The summed E-state index contributed by atoms with van der Waals surface area (Å²) in [6.45, 7) is 3.45. The van der Waals surface area contributed by atoms with Crippen LogP contribution in [-0.4, -0.2) is 57.4 Å². The van der Waals surface area contributed by atoms with Crippen molar-refractivity contribution < 1.29 is 22.3 Å². The van der Waals surface area contributed by atoms with Crippen LogP contribution < -0.4 is 14.8 Å². The fraction of sp³-hybridized carbons (Fsp3) is 0.588. The van der Waals surface area contributed by atoms with E-state index >= 15 is 0 Å². The molecule has 0 aromatic heterocycles. The summed E-state index contributed by atoms with van der Waals surface area (Å²) in [6.07, 6.45) is 1.78. The number of urea groups is 1. The second kappa shape index (κ2) is 9.72. The molecule has 2 amide bonds. The van der Waals surface area contributed by atoms with Gasteiger partial charge < -0.3 is 15.0 Å². The number of sulfonamides is 1. The Labute approximate surface area is 154 Å². The molecule has 2 rings (SSSR count). The normalized spacial score (nSPS) is 15.7. The van der Waals surface area contributed by atoms with E-state index in [9.17, 15) is 17.6 Å². The number of benzene rings is 1. The van der Waals surface area contributed by atoms with E-state index in [2.05, 4.69) is 10.0 Å². The number of halogens is 1. The Morgan fingerprint density at radius 1 is 1.27 bits per heavy atom. The van der Waals surface area contributed by atoms with E-state index in [1.807, 2.05) is 6.92 Å².